The number of nitrogens with zero attached hydrogens (tertiary/aromatic N) is 1. The predicted octanol–water partition coefficient (Wildman–Crippen LogP) is 4.22. The average Bonchev–Trinajstić information content (AvgIpc) is 3.16. The van der Waals surface area contributed by atoms with Crippen molar-refractivity contribution in [1.82, 2.24) is 10.3 Å². The monoisotopic (exact) mass is 368 g/mol. The highest BCUT2D eigenvalue weighted by atomic mass is 32.1. The number of hydrogen-bond acceptors (Lipinski definition) is 5. The third-order valence-electron chi connectivity index (χ3n) is 3.85. The van der Waals surface area contributed by atoms with Crippen molar-refractivity contribution in [2.45, 2.75) is 19.6 Å². The van der Waals surface area contributed by atoms with Gasteiger partial charge in [0.05, 0.1) is 13.2 Å². The fourth-order valence-electron chi connectivity index (χ4n) is 2.39. The number of rotatable bonds is 7. The molecule has 0 radical (unpaired) electrons. The maximum absolute atomic E-state index is 12.4. The second-order valence-electron chi connectivity index (χ2n) is 5.70. The molecule has 0 aliphatic carbocycles. The molecule has 1 unspecified atom stereocenters. The van der Waals surface area contributed by atoms with Crippen LogP contribution in [0.3, 0.4) is 0 Å². The van der Waals surface area contributed by atoms with Crippen molar-refractivity contribution in [3.8, 4) is 11.5 Å². The van der Waals surface area contributed by atoms with Gasteiger partial charge in [0.25, 0.3) is 5.91 Å². The van der Waals surface area contributed by atoms with Gasteiger partial charge in [-0.15, -0.1) is 11.3 Å². The SMILES string of the molecule is COc1ccc(OCc2nc(C(=O)NC(C)c3ccccc3)cs2)cc1. The molecule has 2 aromatic carbocycles. The number of nitrogens with one attached hydrogen (secondary N) is 1. The van der Waals surface area contributed by atoms with Crippen LogP contribution in [0.5, 0.6) is 11.5 Å². The first-order chi connectivity index (χ1) is 12.7. The van der Waals surface area contributed by atoms with Crippen LogP contribution in [-0.2, 0) is 6.61 Å². The first-order valence-corrected chi connectivity index (χ1v) is 9.10. The maximum atomic E-state index is 12.4. The molecule has 1 heterocycles. The second kappa shape index (κ2) is 8.49. The van der Waals surface area contributed by atoms with Gasteiger partial charge in [-0.1, -0.05) is 30.3 Å². The third-order valence-corrected chi connectivity index (χ3v) is 4.68. The smallest absolute Gasteiger partial charge is 0.271 e. The Kier molecular flexibility index (Phi) is 5.86. The topological polar surface area (TPSA) is 60.5 Å². The molecule has 1 atom stereocenters. The van der Waals surface area contributed by atoms with Gasteiger partial charge >= 0.3 is 0 Å². The van der Waals surface area contributed by atoms with Crippen LogP contribution in [0.1, 0.15) is 34.0 Å². The van der Waals surface area contributed by atoms with Gasteiger partial charge in [0.2, 0.25) is 0 Å². The second-order valence-corrected chi connectivity index (χ2v) is 6.64. The van der Waals surface area contributed by atoms with Crippen molar-refractivity contribution in [3.05, 3.63) is 76.2 Å². The van der Waals surface area contributed by atoms with Gasteiger partial charge in [0.15, 0.2) is 0 Å². The lowest BCUT2D eigenvalue weighted by atomic mass is 10.1. The first-order valence-electron chi connectivity index (χ1n) is 8.23. The zero-order valence-electron chi connectivity index (χ0n) is 14.6. The van der Waals surface area contributed by atoms with Crippen LogP contribution < -0.4 is 14.8 Å². The number of carbonyl (C=O) groups excluding carboxylic acids is 1. The molecule has 0 spiro atoms. The molecule has 0 fully saturated rings. The van der Waals surface area contributed by atoms with Crippen LogP contribution in [-0.4, -0.2) is 18.0 Å². The fourth-order valence-corrected chi connectivity index (χ4v) is 3.08. The van der Waals surface area contributed by atoms with E-state index in [1.165, 1.54) is 11.3 Å². The molecule has 5 nitrogen and oxygen atoms in total. The Labute approximate surface area is 156 Å². The molecule has 3 aromatic rings. The molecule has 0 aliphatic heterocycles. The zero-order chi connectivity index (χ0) is 18.4. The number of hydrogen-bond donors (Lipinski definition) is 1. The molecule has 6 heteroatoms. The molecule has 3 rings (SSSR count). The predicted molar refractivity (Wildman–Crippen MR) is 102 cm³/mol. The van der Waals surface area contributed by atoms with Crippen molar-refractivity contribution in [2.75, 3.05) is 7.11 Å². The number of methoxy groups -OCH3 is 1. The summed E-state index contributed by atoms with van der Waals surface area (Å²) in [7, 11) is 1.62. The molecular formula is C20H20N2O3S. The summed E-state index contributed by atoms with van der Waals surface area (Å²) in [6, 6.07) is 17.1. The maximum Gasteiger partial charge on any atom is 0.271 e. The van der Waals surface area contributed by atoms with Crippen molar-refractivity contribution in [3.63, 3.8) is 0 Å². The largest absolute Gasteiger partial charge is 0.497 e. The standard InChI is InChI=1S/C20H20N2O3S/c1-14(15-6-4-3-5-7-15)21-20(23)18-13-26-19(22-18)12-25-17-10-8-16(24-2)9-11-17/h3-11,13-14H,12H2,1-2H3,(H,21,23). The third kappa shape index (κ3) is 4.61. The Balaban J connectivity index is 1.55. The molecule has 1 amide bonds. The first kappa shape index (κ1) is 17.9. The number of amides is 1. The minimum atomic E-state index is -0.187. The number of thiazole rings is 1. The van der Waals surface area contributed by atoms with Crippen molar-refractivity contribution < 1.29 is 14.3 Å². The lowest BCUT2D eigenvalue weighted by Gasteiger charge is -2.13. The van der Waals surface area contributed by atoms with Crippen molar-refractivity contribution in [1.29, 1.82) is 0 Å². The van der Waals surface area contributed by atoms with E-state index in [0.29, 0.717) is 12.3 Å². The number of benzene rings is 2. The zero-order valence-corrected chi connectivity index (χ0v) is 15.5. The van der Waals surface area contributed by atoms with Crippen molar-refractivity contribution >= 4 is 17.2 Å². The summed E-state index contributed by atoms with van der Waals surface area (Å²) in [5.41, 5.74) is 1.46. The molecule has 0 aliphatic rings. The van der Waals surface area contributed by atoms with E-state index in [2.05, 4.69) is 10.3 Å². The summed E-state index contributed by atoms with van der Waals surface area (Å²) in [6.45, 7) is 2.27. The van der Waals surface area contributed by atoms with E-state index in [1.807, 2.05) is 61.5 Å². The summed E-state index contributed by atoms with van der Waals surface area (Å²) in [6.07, 6.45) is 0. The highest BCUT2D eigenvalue weighted by molar-refractivity contribution is 7.09. The van der Waals surface area contributed by atoms with Crippen LogP contribution in [0.2, 0.25) is 0 Å². The summed E-state index contributed by atoms with van der Waals surface area (Å²) in [4.78, 5) is 16.7. The molecule has 1 aromatic heterocycles. The number of ether oxygens (including phenoxy) is 2. The van der Waals surface area contributed by atoms with E-state index < -0.39 is 0 Å². The Morgan fingerprint density at radius 2 is 1.81 bits per heavy atom. The van der Waals surface area contributed by atoms with Gasteiger partial charge in [-0.05, 0) is 36.8 Å². The van der Waals surface area contributed by atoms with Crippen LogP contribution >= 0.6 is 11.3 Å². The highest BCUT2D eigenvalue weighted by Crippen LogP contribution is 2.19. The number of aromatic nitrogens is 1. The fraction of sp³-hybridized carbons (Fsp3) is 0.200. The minimum absolute atomic E-state index is 0.0793. The normalized spacial score (nSPS) is 11.6. The van der Waals surface area contributed by atoms with Gasteiger partial charge in [-0.25, -0.2) is 4.98 Å². The minimum Gasteiger partial charge on any atom is -0.497 e. The lowest BCUT2D eigenvalue weighted by Crippen LogP contribution is -2.26. The Morgan fingerprint density at radius 3 is 2.50 bits per heavy atom. The van der Waals surface area contributed by atoms with E-state index >= 15 is 0 Å². The molecular weight excluding hydrogens is 348 g/mol. The van der Waals surface area contributed by atoms with E-state index in [9.17, 15) is 4.79 Å². The van der Waals surface area contributed by atoms with Gasteiger partial charge in [-0.3, -0.25) is 4.79 Å². The van der Waals surface area contributed by atoms with Crippen LogP contribution in [0.25, 0.3) is 0 Å². The van der Waals surface area contributed by atoms with Gasteiger partial charge in [0.1, 0.15) is 28.8 Å². The van der Waals surface area contributed by atoms with E-state index in [1.54, 1.807) is 12.5 Å². The van der Waals surface area contributed by atoms with Crippen LogP contribution in [0.4, 0.5) is 0 Å². The average molecular weight is 368 g/mol. The van der Waals surface area contributed by atoms with Crippen molar-refractivity contribution in [2.24, 2.45) is 0 Å². The number of carbonyl (C=O) groups is 1. The summed E-state index contributed by atoms with van der Waals surface area (Å²) >= 11 is 1.41. The van der Waals surface area contributed by atoms with Crippen LogP contribution in [0.15, 0.2) is 60.0 Å². The van der Waals surface area contributed by atoms with Gasteiger partial charge in [-0.2, -0.15) is 0 Å². The van der Waals surface area contributed by atoms with Crippen LogP contribution in [0, 0.1) is 0 Å². The summed E-state index contributed by atoms with van der Waals surface area (Å²) in [5, 5.41) is 5.46. The molecule has 0 bridgehead atoms. The highest BCUT2D eigenvalue weighted by Gasteiger charge is 2.14. The Hall–Kier alpha value is -2.86. The van der Waals surface area contributed by atoms with Gasteiger partial charge < -0.3 is 14.8 Å². The quantitative estimate of drug-likeness (QED) is 0.678. The van der Waals surface area contributed by atoms with E-state index in [4.69, 9.17) is 9.47 Å². The molecule has 0 saturated carbocycles. The lowest BCUT2D eigenvalue weighted by molar-refractivity contribution is 0.0935. The molecule has 0 saturated heterocycles. The Bertz CT molecular complexity index is 847. The molecule has 134 valence electrons. The Morgan fingerprint density at radius 1 is 1.12 bits per heavy atom. The van der Waals surface area contributed by atoms with E-state index in [-0.39, 0.29) is 11.9 Å². The molecule has 1 N–H and O–H groups in total. The summed E-state index contributed by atoms with van der Waals surface area (Å²) < 4.78 is 10.8. The molecule has 26 heavy (non-hydrogen) atoms. The van der Waals surface area contributed by atoms with E-state index in [0.717, 1.165) is 22.1 Å². The summed E-state index contributed by atoms with van der Waals surface area (Å²) in [5.74, 6) is 1.32. The van der Waals surface area contributed by atoms with Gasteiger partial charge in [0, 0.05) is 5.38 Å².